The third kappa shape index (κ3) is 3.15. The van der Waals surface area contributed by atoms with Gasteiger partial charge in [0.2, 0.25) is 0 Å². The lowest BCUT2D eigenvalue weighted by Crippen LogP contribution is -3.00. The first-order valence-electron chi connectivity index (χ1n) is 8.64. The molecule has 1 aromatic carbocycles. The second-order valence-corrected chi connectivity index (χ2v) is 7.53. The summed E-state index contributed by atoms with van der Waals surface area (Å²) in [6.45, 7) is 5.31. The lowest BCUT2D eigenvalue weighted by molar-refractivity contribution is -0.664. The average molecular weight is 483 g/mol. The summed E-state index contributed by atoms with van der Waals surface area (Å²) in [6.07, 6.45) is 5.50. The molecule has 0 radical (unpaired) electrons. The number of aryl methyl sites for hydroxylation is 2. The molecule has 1 fully saturated rings. The molecule has 1 aromatic heterocycles. The largest absolute Gasteiger partial charge is 1.00 e. The number of carboxylic acids is 1. The van der Waals surface area contributed by atoms with Crippen LogP contribution in [0.25, 0.3) is 16.6 Å². The van der Waals surface area contributed by atoms with Crippen molar-refractivity contribution in [2.45, 2.75) is 19.9 Å². The lowest BCUT2D eigenvalue weighted by Gasteiger charge is -2.15. The number of rotatable bonds is 3. The highest BCUT2D eigenvalue weighted by atomic mass is 127. The van der Waals surface area contributed by atoms with Crippen LogP contribution >= 0.6 is 11.8 Å². The first-order chi connectivity index (χ1) is 12.1. The van der Waals surface area contributed by atoms with Gasteiger partial charge in [0.15, 0.2) is 11.0 Å². The molecule has 0 aliphatic carbocycles. The average Bonchev–Trinajstić information content (AvgIpc) is 3.30. The maximum absolute atomic E-state index is 11.3. The van der Waals surface area contributed by atoms with Gasteiger partial charge in [-0.15, -0.1) is 11.8 Å². The fourth-order valence-electron chi connectivity index (χ4n) is 3.78. The monoisotopic (exact) mass is 483 g/mol. The van der Waals surface area contributed by atoms with Crippen molar-refractivity contribution < 1.29 is 38.4 Å². The van der Waals surface area contributed by atoms with Crippen molar-refractivity contribution in [3.05, 3.63) is 46.8 Å². The summed E-state index contributed by atoms with van der Waals surface area (Å²) in [6, 6.07) is 5.38. The van der Waals surface area contributed by atoms with Crippen molar-refractivity contribution in [2.24, 2.45) is 7.05 Å². The van der Waals surface area contributed by atoms with E-state index in [4.69, 9.17) is 0 Å². The summed E-state index contributed by atoms with van der Waals surface area (Å²) >= 11 is 1.92. The van der Waals surface area contributed by atoms with Crippen LogP contribution in [0.2, 0.25) is 0 Å². The number of hydrogen-bond donors (Lipinski definition) is 1. The minimum absolute atomic E-state index is 0. The van der Waals surface area contributed by atoms with Gasteiger partial charge in [-0.2, -0.15) is 0 Å². The molecule has 4 rings (SSSR count). The molecule has 3 heterocycles. The highest BCUT2D eigenvalue weighted by molar-refractivity contribution is 8.03. The first-order valence-corrected chi connectivity index (χ1v) is 9.63. The van der Waals surface area contributed by atoms with Gasteiger partial charge in [-0.1, -0.05) is 0 Å². The van der Waals surface area contributed by atoms with Crippen LogP contribution in [0.15, 0.2) is 35.4 Å². The van der Waals surface area contributed by atoms with Crippen LogP contribution in [0.3, 0.4) is 0 Å². The number of fused-ring (bicyclic) bond motifs is 3. The van der Waals surface area contributed by atoms with Gasteiger partial charge in [0, 0.05) is 36.9 Å². The van der Waals surface area contributed by atoms with E-state index in [2.05, 4.69) is 33.1 Å². The summed E-state index contributed by atoms with van der Waals surface area (Å²) < 4.78 is 4.42. The molecule has 2 aromatic rings. The number of halogens is 1. The van der Waals surface area contributed by atoms with Crippen LogP contribution in [-0.4, -0.2) is 39.4 Å². The smallest absolute Gasteiger partial charge is 0.335 e. The van der Waals surface area contributed by atoms with E-state index in [-0.39, 0.29) is 24.0 Å². The SMILES string of the molecule is CCN1CCSC1=CC=C1CC[n+]2c1n(C)c1cc(C(=O)O)ccc12.[I-]. The minimum Gasteiger partial charge on any atom is -1.00 e. The van der Waals surface area contributed by atoms with E-state index in [1.54, 1.807) is 12.1 Å². The van der Waals surface area contributed by atoms with Crippen LogP contribution < -0.4 is 28.5 Å². The normalized spacial score (nSPS) is 19.4. The molecule has 0 atom stereocenters. The zero-order valence-corrected chi connectivity index (χ0v) is 17.9. The van der Waals surface area contributed by atoms with Crippen LogP contribution in [-0.2, 0) is 13.6 Å². The molecule has 7 heteroatoms. The van der Waals surface area contributed by atoms with E-state index in [1.165, 1.54) is 16.4 Å². The van der Waals surface area contributed by atoms with Gasteiger partial charge < -0.3 is 34.0 Å². The van der Waals surface area contributed by atoms with Crippen LogP contribution in [0.1, 0.15) is 29.5 Å². The number of aromatic carboxylic acids is 1. The van der Waals surface area contributed by atoms with Crippen molar-refractivity contribution in [2.75, 3.05) is 18.8 Å². The van der Waals surface area contributed by atoms with Crippen molar-refractivity contribution in [1.82, 2.24) is 9.47 Å². The molecule has 0 unspecified atom stereocenters. The lowest BCUT2D eigenvalue weighted by atomic mass is 10.2. The predicted octanol–water partition coefficient (Wildman–Crippen LogP) is -0.135. The summed E-state index contributed by atoms with van der Waals surface area (Å²) in [5, 5.41) is 10.6. The number of benzene rings is 1. The van der Waals surface area contributed by atoms with E-state index in [0.29, 0.717) is 5.56 Å². The van der Waals surface area contributed by atoms with Crippen molar-refractivity contribution >= 4 is 34.3 Å². The molecular formula is C19H22IN3O2S. The Kier molecular flexibility index (Phi) is 5.67. The molecule has 0 bridgehead atoms. The van der Waals surface area contributed by atoms with Crippen molar-refractivity contribution in [3.8, 4) is 0 Å². The van der Waals surface area contributed by atoms with Gasteiger partial charge in [0.25, 0.3) is 5.82 Å². The molecule has 2 aliphatic heterocycles. The number of carboxylic acid groups (broad SMARTS) is 1. The minimum atomic E-state index is -0.883. The van der Waals surface area contributed by atoms with E-state index in [0.717, 1.165) is 42.8 Å². The Labute approximate surface area is 174 Å². The Balaban J connectivity index is 0.00000196. The maximum Gasteiger partial charge on any atom is 0.335 e. The predicted molar refractivity (Wildman–Crippen MR) is 100 cm³/mol. The molecule has 138 valence electrons. The topological polar surface area (TPSA) is 49.4 Å². The number of allylic oxidation sites excluding steroid dienone is 3. The van der Waals surface area contributed by atoms with E-state index < -0.39 is 5.97 Å². The third-order valence-electron chi connectivity index (χ3n) is 5.07. The summed E-state index contributed by atoms with van der Waals surface area (Å²) in [5.74, 6) is 1.46. The summed E-state index contributed by atoms with van der Waals surface area (Å²) in [4.78, 5) is 13.7. The Morgan fingerprint density at radius 2 is 2.19 bits per heavy atom. The van der Waals surface area contributed by atoms with Gasteiger partial charge in [-0.25, -0.2) is 13.9 Å². The second kappa shape index (κ2) is 7.64. The molecule has 1 N–H and O–H groups in total. The number of aromatic nitrogens is 2. The number of carbonyl (C=O) groups is 1. The Hall–Kier alpha value is -1.48. The van der Waals surface area contributed by atoms with Crippen LogP contribution in [0.5, 0.6) is 0 Å². The van der Waals surface area contributed by atoms with Crippen molar-refractivity contribution in [1.29, 1.82) is 0 Å². The quantitative estimate of drug-likeness (QED) is 0.488. The van der Waals surface area contributed by atoms with Crippen LogP contribution in [0, 0.1) is 0 Å². The Morgan fingerprint density at radius 3 is 2.92 bits per heavy atom. The van der Waals surface area contributed by atoms with Gasteiger partial charge in [0.1, 0.15) is 0 Å². The fourth-order valence-corrected chi connectivity index (χ4v) is 4.87. The third-order valence-corrected chi connectivity index (χ3v) is 6.15. The van der Waals surface area contributed by atoms with Gasteiger partial charge in [0.05, 0.1) is 24.2 Å². The summed E-state index contributed by atoms with van der Waals surface area (Å²) in [7, 11) is 2.02. The Morgan fingerprint density at radius 1 is 1.38 bits per heavy atom. The maximum atomic E-state index is 11.3. The molecule has 0 saturated carbocycles. The Bertz CT molecular complexity index is 932. The molecule has 1 saturated heterocycles. The first kappa shape index (κ1) is 19.3. The molecule has 26 heavy (non-hydrogen) atoms. The number of thioether (sulfide) groups is 1. The fraction of sp³-hybridized carbons (Fsp3) is 0.368. The van der Waals surface area contributed by atoms with E-state index in [9.17, 15) is 9.90 Å². The number of nitrogens with zero attached hydrogens (tertiary/aromatic N) is 3. The molecular weight excluding hydrogens is 461 g/mol. The molecule has 0 spiro atoms. The standard InChI is InChI=1S/C19H21N3O2S.HI/c1-3-21-10-11-25-17(21)7-5-13-8-9-22-15-6-4-14(19(23)24)12-16(15)20(2)18(13)22;/h4-7,12H,3,8-11H2,1-2H3;1H. The highest BCUT2D eigenvalue weighted by Gasteiger charge is 2.31. The van der Waals surface area contributed by atoms with Crippen LogP contribution in [0.4, 0.5) is 0 Å². The highest BCUT2D eigenvalue weighted by Crippen LogP contribution is 2.30. The van der Waals surface area contributed by atoms with E-state index in [1.807, 2.05) is 24.9 Å². The van der Waals surface area contributed by atoms with Crippen molar-refractivity contribution in [3.63, 3.8) is 0 Å². The molecule has 2 aliphatic rings. The van der Waals surface area contributed by atoms with E-state index >= 15 is 0 Å². The summed E-state index contributed by atoms with van der Waals surface area (Å²) in [5.41, 5.74) is 3.72. The molecule has 5 nitrogen and oxygen atoms in total. The molecule has 0 amide bonds. The zero-order chi connectivity index (χ0) is 17.6. The van der Waals surface area contributed by atoms with Gasteiger partial charge >= 0.3 is 5.97 Å². The van der Waals surface area contributed by atoms with Gasteiger partial charge in [-0.3, -0.25) is 0 Å². The number of imidazole rings is 1. The zero-order valence-electron chi connectivity index (χ0n) is 14.9. The second-order valence-electron chi connectivity index (χ2n) is 6.42. The van der Waals surface area contributed by atoms with Gasteiger partial charge in [-0.05, 0) is 31.2 Å². The number of hydrogen-bond acceptors (Lipinski definition) is 3.